The highest BCUT2D eigenvalue weighted by Gasteiger charge is 2.10. The second-order valence-electron chi connectivity index (χ2n) is 6.15. The summed E-state index contributed by atoms with van der Waals surface area (Å²) in [5.74, 6) is 0.685. The van der Waals surface area contributed by atoms with Gasteiger partial charge in [0, 0.05) is 10.0 Å². The van der Waals surface area contributed by atoms with Gasteiger partial charge in [0.2, 0.25) is 0 Å². The molecule has 0 saturated carbocycles. The Hall–Kier alpha value is -2.73. The largest absolute Gasteiger partial charge is 0.493 e. The molecule has 0 aromatic heterocycles. The van der Waals surface area contributed by atoms with Crippen LogP contribution in [0, 0.1) is 0 Å². The first-order valence-corrected chi connectivity index (χ1v) is 9.93. The maximum Gasteiger partial charge on any atom is 0.272 e. The van der Waals surface area contributed by atoms with Crippen molar-refractivity contribution in [2.75, 3.05) is 7.11 Å². The highest BCUT2D eigenvalue weighted by Crippen LogP contribution is 2.28. The number of hydrogen-bond acceptors (Lipinski definition) is 4. The first-order chi connectivity index (χ1) is 14.5. The molecule has 0 unspecified atom stereocenters. The lowest BCUT2D eigenvalue weighted by molar-refractivity contribution is 0.0955. The molecule has 0 aliphatic rings. The second kappa shape index (κ2) is 10.3. The zero-order valence-corrected chi connectivity index (χ0v) is 18.1. The minimum Gasteiger partial charge on any atom is -0.493 e. The van der Waals surface area contributed by atoms with Crippen molar-refractivity contribution in [3.8, 4) is 11.5 Å². The summed E-state index contributed by atoms with van der Waals surface area (Å²) in [5, 5.41) is 5.33. The van der Waals surface area contributed by atoms with Gasteiger partial charge in [0.1, 0.15) is 6.61 Å². The number of carbonyl (C=O) groups excluding carboxylic acids is 1. The fraction of sp³-hybridized carbons (Fsp3) is 0.0909. The molecule has 3 aromatic rings. The Kier molecular flexibility index (Phi) is 7.57. The van der Waals surface area contributed by atoms with Crippen molar-refractivity contribution in [1.82, 2.24) is 5.43 Å². The summed E-state index contributed by atoms with van der Waals surface area (Å²) < 4.78 is 11.2. The Morgan fingerprint density at radius 1 is 0.967 bits per heavy atom. The van der Waals surface area contributed by atoms with Gasteiger partial charge in [0.15, 0.2) is 11.5 Å². The van der Waals surface area contributed by atoms with Crippen LogP contribution in [0.3, 0.4) is 0 Å². The Labute approximate surface area is 189 Å². The van der Waals surface area contributed by atoms with Gasteiger partial charge in [0.25, 0.3) is 5.91 Å². The highest BCUT2D eigenvalue weighted by atomic mass is 35.5. The van der Waals surface area contributed by atoms with Crippen molar-refractivity contribution in [2.24, 2.45) is 5.10 Å². The van der Waals surface area contributed by atoms with Gasteiger partial charge in [-0.3, -0.25) is 4.79 Å². The topological polar surface area (TPSA) is 59.9 Å². The molecule has 0 heterocycles. The maximum absolute atomic E-state index is 12.2. The lowest BCUT2D eigenvalue weighted by atomic mass is 10.2. The fourth-order valence-electron chi connectivity index (χ4n) is 2.52. The normalized spacial score (nSPS) is 10.8. The van der Waals surface area contributed by atoms with Crippen LogP contribution in [-0.4, -0.2) is 19.2 Å². The molecule has 0 saturated heterocycles. The number of benzene rings is 3. The van der Waals surface area contributed by atoms with Crippen LogP contribution in [0.15, 0.2) is 65.8 Å². The number of nitrogens with zero attached hydrogens (tertiary/aromatic N) is 1. The Balaban J connectivity index is 1.63. The van der Waals surface area contributed by atoms with Crippen LogP contribution in [0.25, 0.3) is 0 Å². The molecule has 0 atom stereocenters. The van der Waals surface area contributed by atoms with E-state index in [1.54, 1.807) is 31.4 Å². The number of carbonyl (C=O) groups is 1. The molecule has 5 nitrogen and oxygen atoms in total. The van der Waals surface area contributed by atoms with Crippen molar-refractivity contribution < 1.29 is 14.3 Å². The van der Waals surface area contributed by atoms with Crippen LogP contribution >= 0.6 is 34.8 Å². The molecule has 1 N–H and O–H groups in total. The van der Waals surface area contributed by atoms with Gasteiger partial charge in [-0.05, 0) is 59.7 Å². The van der Waals surface area contributed by atoms with Crippen molar-refractivity contribution in [3.05, 3.63) is 92.4 Å². The predicted octanol–water partition coefficient (Wildman–Crippen LogP) is 6.00. The monoisotopic (exact) mass is 462 g/mol. The summed E-state index contributed by atoms with van der Waals surface area (Å²) >= 11 is 17.8. The number of hydrazone groups is 1. The molecule has 1 amide bonds. The Morgan fingerprint density at radius 2 is 1.70 bits per heavy atom. The summed E-state index contributed by atoms with van der Waals surface area (Å²) in [7, 11) is 1.55. The first kappa shape index (κ1) is 22.0. The van der Waals surface area contributed by atoms with E-state index in [0.717, 1.165) is 5.56 Å². The van der Waals surface area contributed by atoms with Crippen LogP contribution in [0.5, 0.6) is 11.5 Å². The van der Waals surface area contributed by atoms with E-state index in [4.69, 9.17) is 44.3 Å². The molecule has 30 heavy (non-hydrogen) atoms. The molecule has 0 aliphatic heterocycles. The minimum atomic E-state index is -0.442. The van der Waals surface area contributed by atoms with Gasteiger partial charge in [-0.15, -0.1) is 0 Å². The van der Waals surface area contributed by atoms with E-state index in [9.17, 15) is 4.79 Å². The SMILES string of the molecule is COc1cc(/C=N/NC(=O)c2ccc(Cl)cc2Cl)ccc1OCc1ccc(Cl)cc1. The number of halogens is 3. The van der Waals surface area contributed by atoms with E-state index in [1.165, 1.54) is 18.3 Å². The summed E-state index contributed by atoms with van der Waals surface area (Å²) in [6, 6.07) is 17.3. The quantitative estimate of drug-likeness (QED) is 0.345. The number of rotatable bonds is 7. The third-order valence-corrected chi connectivity index (χ3v) is 4.85. The van der Waals surface area contributed by atoms with Crippen LogP contribution < -0.4 is 14.9 Å². The molecule has 3 rings (SSSR count). The maximum atomic E-state index is 12.2. The van der Waals surface area contributed by atoms with Crippen molar-refractivity contribution >= 4 is 46.9 Å². The van der Waals surface area contributed by atoms with Crippen LogP contribution in [-0.2, 0) is 6.61 Å². The number of ether oxygens (including phenoxy) is 2. The lowest BCUT2D eigenvalue weighted by Crippen LogP contribution is -2.18. The van der Waals surface area contributed by atoms with Gasteiger partial charge in [-0.2, -0.15) is 5.10 Å². The summed E-state index contributed by atoms with van der Waals surface area (Å²) in [4.78, 5) is 12.2. The molecule has 3 aromatic carbocycles. The molecular formula is C22H17Cl3N2O3. The van der Waals surface area contributed by atoms with Crippen LogP contribution in [0.4, 0.5) is 0 Å². The van der Waals surface area contributed by atoms with E-state index < -0.39 is 5.91 Å². The zero-order valence-electron chi connectivity index (χ0n) is 15.9. The third-order valence-electron chi connectivity index (χ3n) is 4.05. The minimum absolute atomic E-state index is 0.249. The number of hydrogen-bond donors (Lipinski definition) is 1. The van der Waals surface area contributed by atoms with Crippen molar-refractivity contribution in [3.63, 3.8) is 0 Å². The summed E-state index contributed by atoms with van der Waals surface area (Å²) in [6.45, 7) is 0.374. The summed E-state index contributed by atoms with van der Waals surface area (Å²) in [6.07, 6.45) is 1.49. The van der Waals surface area contributed by atoms with E-state index in [-0.39, 0.29) is 10.6 Å². The van der Waals surface area contributed by atoms with E-state index in [0.29, 0.717) is 33.7 Å². The van der Waals surface area contributed by atoms with Gasteiger partial charge in [-0.1, -0.05) is 46.9 Å². The van der Waals surface area contributed by atoms with Gasteiger partial charge >= 0.3 is 0 Å². The third kappa shape index (κ3) is 5.89. The van der Waals surface area contributed by atoms with Crippen LogP contribution in [0.2, 0.25) is 15.1 Å². The van der Waals surface area contributed by atoms with Gasteiger partial charge in [-0.25, -0.2) is 5.43 Å². The van der Waals surface area contributed by atoms with E-state index >= 15 is 0 Å². The van der Waals surface area contributed by atoms with E-state index in [1.807, 2.05) is 24.3 Å². The molecule has 0 spiro atoms. The standard InChI is InChI=1S/C22H17Cl3N2O3/c1-29-21-10-15(4-9-20(21)30-13-14-2-5-16(23)6-3-14)12-26-27-22(28)18-8-7-17(24)11-19(18)25/h2-12H,13H2,1H3,(H,27,28)/b26-12+. The Bertz CT molecular complexity index is 1070. The fourth-order valence-corrected chi connectivity index (χ4v) is 3.15. The average molecular weight is 464 g/mol. The number of nitrogens with one attached hydrogen (secondary N) is 1. The highest BCUT2D eigenvalue weighted by molar-refractivity contribution is 6.36. The molecule has 154 valence electrons. The molecule has 0 aliphatic carbocycles. The molecule has 0 radical (unpaired) electrons. The smallest absolute Gasteiger partial charge is 0.272 e. The zero-order chi connectivity index (χ0) is 21.5. The van der Waals surface area contributed by atoms with Crippen molar-refractivity contribution in [1.29, 1.82) is 0 Å². The number of amides is 1. The first-order valence-electron chi connectivity index (χ1n) is 8.80. The number of methoxy groups -OCH3 is 1. The predicted molar refractivity (Wildman–Crippen MR) is 120 cm³/mol. The molecular weight excluding hydrogens is 447 g/mol. The molecule has 0 fully saturated rings. The van der Waals surface area contributed by atoms with Crippen molar-refractivity contribution in [2.45, 2.75) is 6.61 Å². The van der Waals surface area contributed by atoms with Gasteiger partial charge < -0.3 is 9.47 Å². The Morgan fingerprint density at radius 3 is 2.40 bits per heavy atom. The van der Waals surface area contributed by atoms with E-state index in [2.05, 4.69) is 10.5 Å². The molecule has 0 bridgehead atoms. The van der Waals surface area contributed by atoms with Gasteiger partial charge in [0.05, 0.1) is 23.9 Å². The van der Waals surface area contributed by atoms with Crippen LogP contribution in [0.1, 0.15) is 21.5 Å². The lowest BCUT2D eigenvalue weighted by Gasteiger charge is -2.11. The molecule has 8 heteroatoms. The summed E-state index contributed by atoms with van der Waals surface area (Å²) in [5.41, 5.74) is 4.41. The average Bonchev–Trinajstić information content (AvgIpc) is 2.73. The second-order valence-corrected chi connectivity index (χ2v) is 7.43.